The Balaban J connectivity index is 1.48. The Morgan fingerprint density at radius 1 is 0.730 bits per heavy atom. The van der Waals surface area contributed by atoms with E-state index in [4.69, 9.17) is 0 Å². The molecule has 0 atom stereocenters. The molecule has 1 N–H and O–H groups in total. The molecule has 4 nitrogen and oxygen atoms in total. The Morgan fingerprint density at radius 3 is 1.89 bits per heavy atom. The first kappa shape index (κ1) is 25.0. The first-order valence-electron chi connectivity index (χ1n) is 11.9. The molecule has 9 heteroatoms. The smallest absolute Gasteiger partial charge is 0.256 e. The monoisotopic (exact) mass is 513 g/mol. The van der Waals surface area contributed by atoms with Crippen molar-refractivity contribution in [1.82, 2.24) is 9.88 Å². The zero-order chi connectivity index (χ0) is 26.4. The lowest BCUT2D eigenvalue weighted by Crippen LogP contribution is -2.48. The second-order valence-electron chi connectivity index (χ2n) is 9.42. The van der Waals surface area contributed by atoms with Crippen molar-refractivity contribution in [2.45, 2.75) is 19.9 Å². The number of rotatable bonds is 4. The number of benzene rings is 3. The maximum atomic E-state index is 14.4. The Hall–Kier alpha value is -3.72. The molecule has 1 saturated heterocycles. The molecular weight excluding hydrogens is 489 g/mol. The minimum absolute atomic E-state index is 0.362. The van der Waals surface area contributed by atoms with Crippen molar-refractivity contribution >= 4 is 16.6 Å². The van der Waals surface area contributed by atoms with Crippen molar-refractivity contribution in [3.05, 3.63) is 88.0 Å². The highest BCUT2D eigenvalue weighted by Gasteiger charge is 2.28. The topological polar surface area (TPSA) is 39.3 Å². The highest BCUT2D eigenvalue weighted by atomic mass is 19.2. The van der Waals surface area contributed by atoms with Gasteiger partial charge in [0.25, 0.3) is 5.56 Å². The molecule has 1 aromatic heterocycles. The molecule has 0 saturated carbocycles. The van der Waals surface area contributed by atoms with Gasteiger partial charge in [0.1, 0.15) is 0 Å². The van der Waals surface area contributed by atoms with Crippen molar-refractivity contribution in [3.8, 4) is 22.3 Å². The number of fused-ring (bicyclic) bond motifs is 1. The van der Waals surface area contributed by atoms with Crippen LogP contribution in [0.3, 0.4) is 0 Å². The van der Waals surface area contributed by atoms with Crippen LogP contribution >= 0.6 is 0 Å². The molecule has 0 spiro atoms. The summed E-state index contributed by atoms with van der Waals surface area (Å²) < 4.78 is 69.8. The Labute approximate surface area is 210 Å². The molecule has 37 heavy (non-hydrogen) atoms. The maximum absolute atomic E-state index is 14.4. The summed E-state index contributed by atoms with van der Waals surface area (Å²) in [4.78, 5) is 19.7. The molecule has 192 valence electrons. The summed E-state index contributed by atoms with van der Waals surface area (Å²) in [6.07, 6.45) is 0. The van der Waals surface area contributed by atoms with Crippen LogP contribution in [-0.2, 0) is 0 Å². The fourth-order valence-electron chi connectivity index (χ4n) is 4.77. The summed E-state index contributed by atoms with van der Waals surface area (Å²) in [6, 6.07) is 14.7. The zero-order valence-corrected chi connectivity index (χ0v) is 20.2. The lowest BCUT2D eigenvalue weighted by Gasteiger charge is -2.38. The van der Waals surface area contributed by atoms with Crippen LogP contribution in [0.5, 0.6) is 0 Å². The molecule has 0 bridgehead atoms. The number of hydrogen-bond acceptors (Lipinski definition) is 3. The summed E-state index contributed by atoms with van der Waals surface area (Å²) in [5, 5.41) is 0.380. The predicted octanol–water partition coefficient (Wildman–Crippen LogP) is 6.09. The summed E-state index contributed by atoms with van der Waals surface area (Å²) in [7, 11) is 0. The van der Waals surface area contributed by atoms with Crippen LogP contribution in [-0.4, -0.2) is 42.1 Å². The molecule has 4 aromatic rings. The van der Waals surface area contributed by atoms with Gasteiger partial charge in [0.2, 0.25) is 5.82 Å². The summed E-state index contributed by atoms with van der Waals surface area (Å²) in [6.45, 7) is 8.23. The van der Waals surface area contributed by atoms with Gasteiger partial charge in [0, 0.05) is 43.4 Å². The number of aromatic nitrogens is 1. The third-order valence-electron chi connectivity index (χ3n) is 6.93. The van der Waals surface area contributed by atoms with Crippen LogP contribution in [0.2, 0.25) is 0 Å². The Kier molecular flexibility index (Phi) is 6.49. The fraction of sp³-hybridized carbons (Fsp3) is 0.250. The number of nitrogens with one attached hydrogen (secondary N) is 1. The molecule has 5 rings (SSSR count). The number of hydrogen-bond donors (Lipinski definition) is 1. The van der Waals surface area contributed by atoms with E-state index < -0.39 is 45.8 Å². The summed E-state index contributed by atoms with van der Waals surface area (Å²) >= 11 is 0. The first-order valence-corrected chi connectivity index (χ1v) is 11.9. The van der Waals surface area contributed by atoms with E-state index in [2.05, 4.69) is 28.6 Å². The number of piperazine rings is 1. The molecule has 1 fully saturated rings. The zero-order valence-electron chi connectivity index (χ0n) is 20.2. The van der Waals surface area contributed by atoms with Crippen LogP contribution in [0.25, 0.3) is 33.2 Å². The molecule has 0 amide bonds. The predicted molar refractivity (Wildman–Crippen MR) is 134 cm³/mol. The Morgan fingerprint density at radius 2 is 1.30 bits per heavy atom. The van der Waals surface area contributed by atoms with Gasteiger partial charge < -0.3 is 9.88 Å². The van der Waals surface area contributed by atoms with Gasteiger partial charge in [-0.05, 0) is 60.7 Å². The molecule has 1 aliphatic rings. The van der Waals surface area contributed by atoms with E-state index >= 15 is 0 Å². The first-order chi connectivity index (χ1) is 17.7. The molecular formula is C28H24F5N3O. The lowest BCUT2D eigenvalue weighted by molar-refractivity contribution is 0.209. The fourth-order valence-corrected chi connectivity index (χ4v) is 4.77. The van der Waals surface area contributed by atoms with Crippen LogP contribution in [0, 0.1) is 29.1 Å². The lowest BCUT2D eigenvalue weighted by atomic mass is 9.99. The average Bonchev–Trinajstić information content (AvgIpc) is 2.91. The number of pyridine rings is 1. The van der Waals surface area contributed by atoms with E-state index in [0.717, 1.165) is 49.1 Å². The van der Waals surface area contributed by atoms with E-state index in [-0.39, 0.29) is 0 Å². The van der Waals surface area contributed by atoms with Crippen molar-refractivity contribution in [3.63, 3.8) is 0 Å². The summed E-state index contributed by atoms with van der Waals surface area (Å²) in [5.74, 6) is -10.6. The SMILES string of the molecule is CC(C)N1CCN(c2ccc(-c3ccc4[nH]c(=O)c(-c5c(F)c(F)c(F)c(F)c5F)cc4c3)cc2)CC1. The van der Waals surface area contributed by atoms with Crippen molar-refractivity contribution in [2.75, 3.05) is 31.1 Å². The van der Waals surface area contributed by atoms with Crippen LogP contribution < -0.4 is 10.5 Å². The number of halogens is 5. The van der Waals surface area contributed by atoms with Gasteiger partial charge in [0.15, 0.2) is 23.3 Å². The second-order valence-corrected chi connectivity index (χ2v) is 9.42. The molecule has 0 unspecified atom stereocenters. The van der Waals surface area contributed by atoms with Gasteiger partial charge in [-0.15, -0.1) is 0 Å². The van der Waals surface area contributed by atoms with E-state index in [1.54, 1.807) is 18.2 Å². The van der Waals surface area contributed by atoms with Gasteiger partial charge in [-0.25, -0.2) is 22.0 Å². The van der Waals surface area contributed by atoms with Crippen molar-refractivity contribution < 1.29 is 22.0 Å². The molecule has 1 aliphatic heterocycles. The second kappa shape index (κ2) is 9.63. The standard InChI is InChI=1S/C28H24F5N3O/c1-15(2)35-9-11-36(12-10-35)19-6-3-16(4-7-19)17-5-8-21-18(13-17)14-20(28(37)34-21)22-23(29)25(31)27(33)26(32)24(22)30/h3-8,13-15H,9-12H2,1-2H3,(H,34,37). The minimum Gasteiger partial charge on any atom is -0.369 e. The normalized spacial score (nSPS) is 14.6. The summed E-state index contributed by atoms with van der Waals surface area (Å²) in [5.41, 5.74) is 0.229. The van der Waals surface area contributed by atoms with Crippen LogP contribution in [0.1, 0.15) is 13.8 Å². The quantitative estimate of drug-likeness (QED) is 0.204. The number of H-pyrrole nitrogens is 1. The van der Waals surface area contributed by atoms with Gasteiger partial charge in [0.05, 0.1) is 11.1 Å². The maximum Gasteiger partial charge on any atom is 0.256 e. The average molecular weight is 514 g/mol. The third-order valence-corrected chi connectivity index (χ3v) is 6.93. The molecule has 0 radical (unpaired) electrons. The highest BCUT2D eigenvalue weighted by molar-refractivity contribution is 5.88. The van der Waals surface area contributed by atoms with Gasteiger partial charge in [-0.1, -0.05) is 18.2 Å². The van der Waals surface area contributed by atoms with E-state index in [9.17, 15) is 26.7 Å². The van der Waals surface area contributed by atoms with Gasteiger partial charge >= 0.3 is 0 Å². The largest absolute Gasteiger partial charge is 0.369 e. The van der Waals surface area contributed by atoms with Crippen molar-refractivity contribution in [2.24, 2.45) is 0 Å². The highest BCUT2D eigenvalue weighted by Crippen LogP contribution is 2.32. The van der Waals surface area contributed by atoms with E-state index in [1.807, 2.05) is 24.3 Å². The number of aromatic amines is 1. The third kappa shape index (κ3) is 4.48. The van der Waals surface area contributed by atoms with Crippen LogP contribution in [0.15, 0.2) is 53.3 Å². The van der Waals surface area contributed by atoms with Gasteiger partial charge in [-0.2, -0.15) is 0 Å². The Bertz CT molecular complexity index is 1510. The van der Waals surface area contributed by atoms with Crippen molar-refractivity contribution in [1.29, 1.82) is 0 Å². The number of anilines is 1. The number of nitrogens with zero attached hydrogens (tertiary/aromatic N) is 2. The minimum atomic E-state index is -2.27. The molecule has 3 aromatic carbocycles. The van der Waals surface area contributed by atoms with Gasteiger partial charge in [-0.3, -0.25) is 9.69 Å². The van der Waals surface area contributed by atoms with E-state index in [1.165, 1.54) is 0 Å². The van der Waals surface area contributed by atoms with E-state index in [0.29, 0.717) is 16.9 Å². The molecule has 2 heterocycles. The molecule has 0 aliphatic carbocycles. The van der Waals surface area contributed by atoms with Crippen LogP contribution in [0.4, 0.5) is 27.6 Å².